The van der Waals surface area contributed by atoms with Gasteiger partial charge in [0.25, 0.3) is 0 Å². The molecule has 0 bridgehead atoms. The highest BCUT2D eigenvalue weighted by molar-refractivity contribution is 5.51. The Kier molecular flexibility index (Phi) is 5.35. The summed E-state index contributed by atoms with van der Waals surface area (Å²) in [5.74, 6) is -0.751. The fourth-order valence-corrected chi connectivity index (χ4v) is 3.37. The van der Waals surface area contributed by atoms with E-state index in [0.29, 0.717) is 5.56 Å². The molecular weight excluding hydrogens is 369 g/mol. The second kappa shape index (κ2) is 8.24. The van der Waals surface area contributed by atoms with E-state index < -0.39 is 5.76 Å². The van der Waals surface area contributed by atoms with Crippen LogP contribution in [-0.2, 0) is 6.67 Å². The van der Waals surface area contributed by atoms with Gasteiger partial charge < -0.3 is 4.42 Å². The maximum absolute atomic E-state index is 13.1. The number of hydrogen-bond acceptors (Lipinski definition) is 4. The lowest BCUT2D eigenvalue weighted by molar-refractivity contribution is 0.202. The van der Waals surface area contributed by atoms with Crippen LogP contribution in [0.1, 0.15) is 17.2 Å². The first-order valence-electron chi connectivity index (χ1n) is 9.26. The Balaban J connectivity index is 1.64. The van der Waals surface area contributed by atoms with Crippen LogP contribution in [-0.4, -0.2) is 21.7 Å². The second-order valence-corrected chi connectivity index (χ2v) is 6.80. The molecular formula is C23H20FN3O2. The molecule has 4 rings (SSSR count). The van der Waals surface area contributed by atoms with Gasteiger partial charge in [-0.25, -0.2) is 9.18 Å². The zero-order valence-electron chi connectivity index (χ0n) is 15.9. The van der Waals surface area contributed by atoms with Crippen molar-refractivity contribution in [2.75, 3.05) is 7.05 Å². The number of halogens is 1. The lowest BCUT2D eigenvalue weighted by atomic mass is 9.98. The van der Waals surface area contributed by atoms with E-state index >= 15 is 0 Å². The quantitative estimate of drug-likeness (QED) is 0.493. The van der Waals surface area contributed by atoms with E-state index in [2.05, 4.69) is 29.4 Å². The lowest BCUT2D eigenvalue weighted by Crippen LogP contribution is -2.32. The minimum atomic E-state index is -0.559. The Labute approximate surface area is 167 Å². The summed E-state index contributed by atoms with van der Waals surface area (Å²) < 4.78 is 19.7. The first kappa shape index (κ1) is 18.8. The third-order valence-corrected chi connectivity index (χ3v) is 4.73. The molecule has 3 aromatic carbocycles. The van der Waals surface area contributed by atoms with Gasteiger partial charge in [0.05, 0.1) is 6.04 Å². The molecule has 5 nitrogen and oxygen atoms in total. The molecule has 0 N–H and O–H groups in total. The highest BCUT2D eigenvalue weighted by Gasteiger charge is 2.21. The molecule has 0 aliphatic carbocycles. The van der Waals surface area contributed by atoms with Crippen molar-refractivity contribution in [2.24, 2.45) is 0 Å². The standard InChI is InChI=1S/C23H20FN3O2/c1-26(21(17-8-4-2-5-9-17)18-10-6-3-7-11-18)16-27-23(28)29-22(25-27)19-12-14-20(24)15-13-19/h2-15,21H,16H2,1H3. The third kappa shape index (κ3) is 4.17. The maximum atomic E-state index is 13.1. The van der Waals surface area contributed by atoms with Gasteiger partial charge in [-0.3, -0.25) is 4.90 Å². The van der Waals surface area contributed by atoms with Gasteiger partial charge in [-0.2, -0.15) is 4.68 Å². The first-order valence-corrected chi connectivity index (χ1v) is 9.26. The minimum Gasteiger partial charge on any atom is -0.388 e. The molecule has 0 fully saturated rings. The van der Waals surface area contributed by atoms with Crippen LogP contribution in [0.15, 0.2) is 94.1 Å². The van der Waals surface area contributed by atoms with Gasteiger partial charge in [-0.15, -0.1) is 5.10 Å². The summed E-state index contributed by atoms with van der Waals surface area (Å²) in [5, 5.41) is 4.29. The molecule has 0 aliphatic rings. The van der Waals surface area contributed by atoms with Crippen molar-refractivity contribution in [1.29, 1.82) is 0 Å². The molecule has 29 heavy (non-hydrogen) atoms. The fourth-order valence-electron chi connectivity index (χ4n) is 3.37. The van der Waals surface area contributed by atoms with Gasteiger partial charge in [-0.1, -0.05) is 60.7 Å². The van der Waals surface area contributed by atoms with E-state index in [1.165, 1.54) is 28.9 Å². The molecule has 0 spiro atoms. The predicted octanol–water partition coefficient (Wildman–Crippen LogP) is 4.32. The largest absolute Gasteiger partial charge is 0.438 e. The summed E-state index contributed by atoms with van der Waals surface area (Å²) in [6, 6.07) is 25.8. The molecule has 0 saturated heterocycles. The summed E-state index contributed by atoms with van der Waals surface area (Å²) in [5.41, 5.74) is 2.76. The van der Waals surface area contributed by atoms with Gasteiger partial charge in [0, 0.05) is 5.56 Å². The number of nitrogens with zero attached hydrogens (tertiary/aromatic N) is 3. The van der Waals surface area contributed by atoms with E-state index in [-0.39, 0.29) is 24.4 Å². The molecule has 0 radical (unpaired) electrons. The zero-order valence-corrected chi connectivity index (χ0v) is 15.9. The van der Waals surface area contributed by atoms with Crippen molar-refractivity contribution < 1.29 is 8.81 Å². The van der Waals surface area contributed by atoms with Crippen molar-refractivity contribution >= 4 is 0 Å². The molecule has 0 unspecified atom stereocenters. The molecule has 6 heteroatoms. The van der Waals surface area contributed by atoms with Gasteiger partial charge in [0.2, 0.25) is 5.89 Å². The molecule has 0 saturated carbocycles. The van der Waals surface area contributed by atoms with Crippen molar-refractivity contribution in [3.8, 4) is 11.5 Å². The Hall–Kier alpha value is -3.51. The van der Waals surface area contributed by atoms with Gasteiger partial charge in [0.15, 0.2) is 0 Å². The van der Waals surface area contributed by atoms with Crippen LogP contribution < -0.4 is 5.76 Å². The van der Waals surface area contributed by atoms with Crippen LogP contribution in [0.3, 0.4) is 0 Å². The summed E-state index contributed by atoms with van der Waals surface area (Å²) in [7, 11) is 1.93. The number of hydrogen-bond donors (Lipinski definition) is 0. The van der Waals surface area contributed by atoms with E-state index in [1.807, 2.05) is 48.3 Å². The Bertz CT molecular complexity index is 1080. The van der Waals surface area contributed by atoms with Crippen LogP contribution in [0.4, 0.5) is 4.39 Å². The van der Waals surface area contributed by atoms with Crippen molar-refractivity contribution in [3.05, 3.63) is 112 Å². The van der Waals surface area contributed by atoms with E-state index in [0.717, 1.165) is 11.1 Å². The van der Waals surface area contributed by atoms with Gasteiger partial charge in [-0.05, 0) is 42.4 Å². The molecule has 4 aromatic rings. The van der Waals surface area contributed by atoms with E-state index in [9.17, 15) is 9.18 Å². The third-order valence-electron chi connectivity index (χ3n) is 4.73. The average molecular weight is 389 g/mol. The normalized spacial score (nSPS) is 11.3. The van der Waals surface area contributed by atoms with Crippen LogP contribution in [0.5, 0.6) is 0 Å². The van der Waals surface area contributed by atoms with Crippen molar-refractivity contribution in [3.63, 3.8) is 0 Å². The highest BCUT2D eigenvalue weighted by atomic mass is 19.1. The molecule has 0 atom stereocenters. The SMILES string of the molecule is CN(Cn1nc(-c2ccc(F)cc2)oc1=O)C(c1ccccc1)c1ccccc1. The Morgan fingerprint density at radius 1 is 0.931 bits per heavy atom. The number of aromatic nitrogens is 2. The molecule has 0 amide bonds. The topological polar surface area (TPSA) is 51.3 Å². The first-order chi connectivity index (χ1) is 14.1. The molecule has 1 heterocycles. The summed E-state index contributed by atoms with van der Waals surface area (Å²) in [6.07, 6.45) is 0. The predicted molar refractivity (Wildman–Crippen MR) is 109 cm³/mol. The fraction of sp³-hybridized carbons (Fsp3) is 0.130. The van der Waals surface area contributed by atoms with E-state index in [4.69, 9.17) is 4.42 Å². The highest BCUT2D eigenvalue weighted by Crippen LogP contribution is 2.27. The van der Waals surface area contributed by atoms with Gasteiger partial charge in [0.1, 0.15) is 12.5 Å². The van der Waals surface area contributed by atoms with Crippen LogP contribution >= 0.6 is 0 Å². The minimum absolute atomic E-state index is 0.0599. The molecule has 146 valence electrons. The Morgan fingerprint density at radius 2 is 1.48 bits per heavy atom. The molecule has 0 aliphatic heterocycles. The zero-order chi connectivity index (χ0) is 20.2. The van der Waals surface area contributed by atoms with Crippen molar-refractivity contribution in [1.82, 2.24) is 14.7 Å². The maximum Gasteiger partial charge on any atom is 0.438 e. The summed E-state index contributed by atoms with van der Waals surface area (Å²) in [4.78, 5) is 14.4. The van der Waals surface area contributed by atoms with Crippen LogP contribution in [0.25, 0.3) is 11.5 Å². The van der Waals surface area contributed by atoms with Crippen molar-refractivity contribution in [2.45, 2.75) is 12.7 Å². The monoisotopic (exact) mass is 389 g/mol. The molecule has 1 aromatic heterocycles. The van der Waals surface area contributed by atoms with E-state index in [1.54, 1.807) is 0 Å². The van der Waals surface area contributed by atoms with Crippen LogP contribution in [0, 0.1) is 5.82 Å². The van der Waals surface area contributed by atoms with Crippen LogP contribution in [0.2, 0.25) is 0 Å². The lowest BCUT2D eigenvalue weighted by Gasteiger charge is -2.28. The number of benzene rings is 3. The summed E-state index contributed by atoms with van der Waals surface area (Å²) in [6.45, 7) is 0.234. The van der Waals surface area contributed by atoms with Gasteiger partial charge >= 0.3 is 5.76 Å². The summed E-state index contributed by atoms with van der Waals surface area (Å²) >= 11 is 0. The Morgan fingerprint density at radius 3 is 2.03 bits per heavy atom. The average Bonchev–Trinajstić information content (AvgIpc) is 3.10. The number of rotatable bonds is 6. The second-order valence-electron chi connectivity index (χ2n) is 6.80. The smallest absolute Gasteiger partial charge is 0.388 e.